The molecular formula is C84H164O17P2. The molecule has 0 amide bonds. The fraction of sp³-hybridized carbons (Fsp3) is 0.952. The highest BCUT2D eigenvalue weighted by molar-refractivity contribution is 7.47. The van der Waals surface area contributed by atoms with E-state index in [0.29, 0.717) is 25.7 Å². The number of ether oxygens (including phenoxy) is 4. The standard InChI is InChI=1S/C84H164O17P2/c1-7-9-11-13-15-17-19-20-21-22-23-24-25-26-27-32-38-44-50-56-62-68-83(88)101-80(73-95-82(87)67-61-55-49-43-37-33-28-30-35-40-46-52-58-64-76(3)4)75-99-103(92,93)97-71-78(85)70-96-102(90,91)98-74-79(72-94-81(86)66-60-54-48-42-18-16-14-12-10-8-2)100-84(89)69-63-57-51-45-39-34-29-31-36-41-47-53-59-65-77(5)6/h76-80,85H,7-75H2,1-6H3,(H,90,91)(H,92,93)/t78-,79+,80+/m0/s1. The Labute approximate surface area is 632 Å². The normalized spacial score (nSPS) is 13.9. The van der Waals surface area contributed by atoms with Gasteiger partial charge in [-0.15, -0.1) is 0 Å². The largest absolute Gasteiger partial charge is 0.472 e. The smallest absolute Gasteiger partial charge is 0.462 e. The molecule has 0 aliphatic carbocycles. The van der Waals surface area contributed by atoms with Crippen molar-refractivity contribution in [2.24, 2.45) is 11.8 Å². The van der Waals surface area contributed by atoms with Gasteiger partial charge in [0.05, 0.1) is 26.4 Å². The molecule has 0 saturated carbocycles. The van der Waals surface area contributed by atoms with Gasteiger partial charge in [0.1, 0.15) is 19.3 Å². The molecule has 0 aliphatic heterocycles. The molecule has 0 aromatic rings. The molecule has 0 spiro atoms. The van der Waals surface area contributed by atoms with Gasteiger partial charge in [0.2, 0.25) is 0 Å². The van der Waals surface area contributed by atoms with Crippen molar-refractivity contribution in [3.8, 4) is 0 Å². The van der Waals surface area contributed by atoms with Crippen LogP contribution in [0.25, 0.3) is 0 Å². The predicted molar refractivity (Wildman–Crippen MR) is 423 cm³/mol. The number of hydrogen-bond acceptors (Lipinski definition) is 15. The second-order valence-corrected chi connectivity index (χ2v) is 34.1. The van der Waals surface area contributed by atoms with Crippen molar-refractivity contribution in [2.45, 2.75) is 464 Å². The number of carbonyl (C=O) groups excluding carboxylic acids is 4. The third-order valence-electron chi connectivity index (χ3n) is 19.7. The number of rotatable bonds is 83. The summed E-state index contributed by atoms with van der Waals surface area (Å²) in [5.41, 5.74) is 0. The molecule has 0 fully saturated rings. The molecule has 3 N–H and O–H groups in total. The molecule has 17 nitrogen and oxygen atoms in total. The van der Waals surface area contributed by atoms with Gasteiger partial charge in [-0.1, -0.05) is 395 Å². The average molecular weight is 1510 g/mol. The van der Waals surface area contributed by atoms with Crippen LogP contribution in [0.2, 0.25) is 0 Å². The molecule has 0 bridgehead atoms. The second kappa shape index (κ2) is 75.5. The monoisotopic (exact) mass is 1510 g/mol. The molecular weight excluding hydrogens is 1340 g/mol. The van der Waals surface area contributed by atoms with Gasteiger partial charge in [-0.3, -0.25) is 37.3 Å². The van der Waals surface area contributed by atoms with E-state index in [4.69, 9.17) is 37.0 Å². The lowest BCUT2D eigenvalue weighted by Crippen LogP contribution is -2.30. The van der Waals surface area contributed by atoms with Crippen molar-refractivity contribution in [3.05, 3.63) is 0 Å². The molecule has 19 heteroatoms. The number of unbranched alkanes of at least 4 members (excludes halogenated alkanes) is 53. The van der Waals surface area contributed by atoms with E-state index < -0.39 is 97.5 Å². The summed E-state index contributed by atoms with van der Waals surface area (Å²) in [6, 6.07) is 0. The fourth-order valence-corrected chi connectivity index (χ4v) is 14.6. The average Bonchev–Trinajstić information content (AvgIpc) is 1.10. The van der Waals surface area contributed by atoms with Gasteiger partial charge in [-0.05, 0) is 37.5 Å². The van der Waals surface area contributed by atoms with Gasteiger partial charge in [0.25, 0.3) is 0 Å². The van der Waals surface area contributed by atoms with Crippen LogP contribution in [-0.2, 0) is 65.4 Å². The van der Waals surface area contributed by atoms with Crippen LogP contribution < -0.4 is 0 Å². The molecule has 0 saturated heterocycles. The minimum Gasteiger partial charge on any atom is -0.462 e. The number of hydrogen-bond donors (Lipinski definition) is 3. The van der Waals surface area contributed by atoms with Gasteiger partial charge in [-0.25, -0.2) is 9.13 Å². The van der Waals surface area contributed by atoms with Crippen molar-refractivity contribution < 1.29 is 80.2 Å². The summed E-state index contributed by atoms with van der Waals surface area (Å²) < 4.78 is 68.8. The summed E-state index contributed by atoms with van der Waals surface area (Å²) in [6.07, 6.45) is 66.6. The first-order valence-electron chi connectivity index (χ1n) is 43.5. The van der Waals surface area contributed by atoms with E-state index in [-0.39, 0.29) is 25.7 Å². The SMILES string of the molecule is CCCCCCCCCCCCCCCCCCCCCCCC(=O)O[C@H](COC(=O)CCCCCCCCCCCCCCCC(C)C)COP(=O)(O)OC[C@@H](O)COP(=O)(O)OC[C@@H](COC(=O)CCCCCCCCCCCC)OC(=O)CCCCCCCCCCCCCCCC(C)C. The van der Waals surface area contributed by atoms with Crippen molar-refractivity contribution >= 4 is 39.5 Å². The molecule has 612 valence electrons. The van der Waals surface area contributed by atoms with E-state index in [1.165, 1.54) is 263 Å². The molecule has 103 heavy (non-hydrogen) atoms. The highest BCUT2D eigenvalue weighted by Gasteiger charge is 2.30. The zero-order valence-corrected chi connectivity index (χ0v) is 69.4. The van der Waals surface area contributed by atoms with Crippen LogP contribution in [0.3, 0.4) is 0 Å². The van der Waals surface area contributed by atoms with Crippen LogP contribution in [-0.4, -0.2) is 96.7 Å². The lowest BCUT2D eigenvalue weighted by molar-refractivity contribution is -0.161. The number of phosphoric acid groups is 2. The number of aliphatic hydroxyl groups excluding tert-OH is 1. The molecule has 0 aromatic heterocycles. The summed E-state index contributed by atoms with van der Waals surface area (Å²) in [4.78, 5) is 73.1. The van der Waals surface area contributed by atoms with E-state index in [1.54, 1.807) is 0 Å². The van der Waals surface area contributed by atoms with Gasteiger partial charge in [-0.2, -0.15) is 0 Å². The Kier molecular flexibility index (Phi) is 74.1. The minimum atomic E-state index is -4.96. The van der Waals surface area contributed by atoms with Crippen LogP contribution >= 0.6 is 15.6 Å². The van der Waals surface area contributed by atoms with Crippen LogP contribution in [0.5, 0.6) is 0 Å². The lowest BCUT2D eigenvalue weighted by atomic mass is 10.0. The van der Waals surface area contributed by atoms with Crippen molar-refractivity contribution in [1.82, 2.24) is 0 Å². The Balaban J connectivity index is 5.22. The summed E-state index contributed by atoms with van der Waals surface area (Å²) in [5.74, 6) is -0.527. The predicted octanol–water partition coefficient (Wildman–Crippen LogP) is 25.5. The summed E-state index contributed by atoms with van der Waals surface area (Å²) in [6.45, 7) is 9.68. The van der Waals surface area contributed by atoms with E-state index in [1.807, 2.05) is 0 Å². The van der Waals surface area contributed by atoms with E-state index in [2.05, 4.69) is 41.5 Å². The highest BCUT2D eigenvalue weighted by atomic mass is 31.2. The first kappa shape index (κ1) is 101. The van der Waals surface area contributed by atoms with Crippen molar-refractivity contribution in [3.63, 3.8) is 0 Å². The molecule has 0 radical (unpaired) electrons. The van der Waals surface area contributed by atoms with Gasteiger partial charge in [0, 0.05) is 25.7 Å². The Morgan fingerprint density at radius 3 is 0.660 bits per heavy atom. The van der Waals surface area contributed by atoms with Crippen LogP contribution in [0.15, 0.2) is 0 Å². The van der Waals surface area contributed by atoms with Crippen LogP contribution in [0.4, 0.5) is 0 Å². The Bertz CT molecular complexity index is 1980. The maximum absolute atomic E-state index is 13.1. The molecule has 2 unspecified atom stereocenters. The van der Waals surface area contributed by atoms with E-state index >= 15 is 0 Å². The minimum absolute atomic E-state index is 0.108. The molecule has 0 aliphatic rings. The van der Waals surface area contributed by atoms with Crippen LogP contribution in [0, 0.1) is 11.8 Å². The quantitative estimate of drug-likeness (QED) is 0.0222. The van der Waals surface area contributed by atoms with Gasteiger partial charge >= 0.3 is 39.5 Å². The molecule has 0 heterocycles. The lowest BCUT2D eigenvalue weighted by Gasteiger charge is -2.21. The summed E-state index contributed by atoms with van der Waals surface area (Å²) in [5, 5.41) is 10.7. The van der Waals surface area contributed by atoms with Crippen LogP contribution in [0.1, 0.15) is 446 Å². The maximum Gasteiger partial charge on any atom is 0.472 e. The number of phosphoric ester groups is 2. The topological polar surface area (TPSA) is 237 Å². The fourth-order valence-electron chi connectivity index (χ4n) is 13.1. The second-order valence-electron chi connectivity index (χ2n) is 31.2. The first-order valence-corrected chi connectivity index (χ1v) is 46.5. The first-order chi connectivity index (χ1) is 49.9. The molecule has 0 rings (SSSR count). The van der Waals surface area contributed by atoms with Gasteiger partial charge in [0.15, 0.2) is 12.2 Å². The number of carbonyl (C=O) groups is 4. The molecule has 5 atom stereocenters. The number of esters is 4. The Morgan fingerprint density at radius 1 is 0.262 bits per heavy atom. The third kappa shape index (κ3) is 78.0. The summed E-state index contributed by atoms with van der Waals surface area (Å²) in [7, 11) is -9.92. The Hall–Kier alpha value is -1.94. The third-order valence-corrected chi connectivity index (χ3v) is 21.6. The maximum atomic E-state index is 13.1. The molecule has 0 aromatic carbocycles. The summed E-state index contributed by atoms with van der Waals surface area (Å²) >= 11 is 0. The van der Waals surface area contributed by atoms with E-state index in [0.717, 1.165) is 102 Å². The van der Waals surface area contributed by atoms with Gasteiger partial charge < -0.3 is 33.8 Å². The Morgan fingerprint density at radius 2 is 0.447 bits per heavy atom. The number of aliphatic hydroxyl groups is 1. The van der Waals surface area contributed by atoms with Crippen molar-refractivity contribution in [2.75, 3.05) is 39.6 Å². The zero-order valence-electron chi connectivity index (χ0n) is 67.6. The van der Waals surface area contributed by atoms with Crippen molar-refractivity contribution in [1.29, 1.82) is 0 Å². The van der Waals surface area contributed by atoms with E-state index in [9.17, 15) is 43.2 Å². The highest BCUT2D eigenvalue weighted by Crippen LogP contribution is 2.45. The zero-order chi connectivity index (χ0) is 75.6.